The molecule has 0 heterocycles. The molecule has 5 nitrogen and oxygen atoms in total. The number of carbonyl (C=O) groups is 1. The van der Waals surface area contributed by atoms with Gasteiger partial charge in [-0.3, -0.25) is 0 Å². The van der Waals surface area contributed by atoms with Crippen molar-refractivity contribution in [1.82, 2.24) is 10.0 Å². The van der Waals surface area contributed by atoms with Gasteiger partial charge in [-0.25, -0.2) is 17.9 Å². The van der Waals surface area contributed by atoms with E-state index >= 15 is 0 Å². The number of rotatable bonds is 2. The number of carbonyl (C=O) groups excluding carboxylic acids is 1. The first-order valence-corrected chi connectivity index (χ1v) is 6.24. The Labute approximate surface area is 98.9 Å². The number of amides is 2. The second kappa shape index (κ2) is 4.71. The molecule has 0 aliphatic rings. The molecular weight excluding hydrogens is 252 g/mol. The van der Waals surface area contributed by atoms with Crippen LogP contribution < -0.4 is 10.0 Å². The van der Waals surface area contributed by atoms with Gasteiger partial charge in [-0.2, -0.15) is 0 Å². The number of urea groups is 1. The number of hydrogen-bond acceptors (Lipinski definition) is 3. The second-order valence-electron chi connectivity index (χ2n) is 3.05. The maximum Gasteiger partial charge on any atom is 0.328 e. The van der Waals surface area contributed by atoms with Crippen molar-refractivity contribution in [2.45, 2.75) is 11.8 Å². The van der Waals surface area contributed by atoms with Crippen LogP contribution in [-0.4, -0.2) is 21.5 Å². The van der Waals surface area contributed by atoms with Gasteiger partial charge in [0.15, 0.2) is 0 Å². The van der Waals surface area contributed by atoms with Crippen LogP contribution in [-0.2, 0) is 10.0 Å². The summed E-state index contributed by atoms with van der Waals surface area (Å²) in [4.78, 5) is 11.0. The van der Waals surface area contributed by atoms with Crippen molar-refractivity contribution >= 4 is 27.7 Å². The Morgan fingerprint density at radius 1 is 1.38 bits per heavy atom. The summed E-state index contributed by atoms with van der Waals surface area (Å²) in [5.41, 5.74) is 0.403. The molecule has 88 valence electrons. The lowest BCUT2D eigenvalue weighted by molar-refractivity contribution is 0.248. The minimum Gasteiger partial charge on any atom is -0.340 e. The van der Waals surface area contributed by atoms with Gasteiger partial charge in [-0.1, -0.05) is 17.7 Å². The topological polar surface area (TPSA) is 75.3 Å². The van der Waals surface area contributed by atoms with Gasteiger partial charge in [-0.05, 0) is 24.6 Å². The van der Waals surface area contributed by atoms with Gasteiger partial charge >= 0.3 is 6.03 Å². The Kier molecular flexibility index (Phi) is 3.77. The summed E-state index contributed by atoms with van der Waals surface area (Å²) in [7, 11) is -2.54. The molecule has 16 heavy (non-hydrogen) atoms. The van der Waals surface area contributed by atoms with E-state index in [-0.39, 0.29) is 4.90 Å². The van der Waals surface area contributed by atoms with Gasteiger partial charge in [0.1, 0.15) is 0 Å². The zero-order valence-corrected chi connectivity index (χ0v) is 10.3. The average Bonchev–Trinajstić information content (AvgIpc) is 2.21. The van der Waals surface area contributed by atoms with Gasteiger partial charge in [0.25, 0.3) is 10.0 Å². The highest BCUT2D eigenvalue weighted by atomic mass is 35.5. The number of nitrogens with one attached hydrogen (secondary N) is 2. The number of benzene rings is 1. The molecule has 0 aromatic heterocycles. The second-order valence-corrected chi connectivity index (χ2v) is 5.11. The minimum absolute atomic E-state index is 0.0106. The normalized spacial score (nSPS) is 10.9. The third kappa shape index (κ3) is 2.65. The quantitative estimate of drug-likeness (QED) is 0.843. The summed E-state index contributed by atoms with van der Waals surface area (Å²) in [6.07, 6.45) is 0. The predicted octanol–water partition coefficient (Wildman–Crippen LogP) is 1.27. The molecule has 2 N–H and O–H groups in total. The maximum absolute atomic E-state index is 11.7. The highest BCUT2D eigenvalue weighted by molar-refractivity contribution is 7.90. The smallest absolute Gasteiger partial charge is 0.328 e. The molecule has 0 saturated carbocycles. The van der Waals surface area contributed by atoms with Crippen LogP contribution in [0.3, 0.4) is 0 Å². The van der Waals surface area contributed by atoms with Crippen LogP contribution in [0.5, 0.6) is 0 Å². The molecule has 0 aliphatic carbocycles. The molecule has 1 aromatic carbocycles. The van der Waals surface area contributed by atoms with Crippen molar-refractivity contribution in [2.75, 3.05) is 7.05 Å². The van der Waals surface area contributed by atoms with Gasteiger partial charge in [0, 0.05) is 12.1 Å². The van der Waals surface area contributed by atoms with Gasteiger partial charge in [0.05, 0.1) is 4.90 Å². The molecule has 7 heteroatoms. The summed E-state index contributed by atoms with van der Waals surface area (Å²) in [6, 6.07) is 3.68. The highest BCUT2D eigenvalue weighted by Gasteiger charge is 2.19. The molecule has 1 rings (SSSR count). The summed E-state index contributed by atoms with van der Waals surface area (Å²) in [5.74, 6) is 0. The summed E-state index contributed by atoms with van der Waals surface area (Å²) in [6.45, 7) is 1.57. The zero-order valence-electron chi connectivity index (χ0n) is 8.74. The van der Waals surface area contributed by atoms with Gasteiger partial charge in [-0.15, -0.1) is 0 Å². The minimum atomic E-state index is -3.87. The molecule has 0 aliphatic heterocycles. The van der Waals surface area contributed by atoms with Crippen molar-refractivity contribution in [3.8, 4) is 0 Å². The van der Waals surface area contributed by atoms with Crippen LogP contribution in [0.1, 0.15) is 5.56 Å². The highest BCUT2D eigenvalue weighted by Crippen LogP contribution is 2.22. The van der Waals surface area contributed by atoms with Crippen molar-refractivity contribution in [2.24, 2.45) is 0 Å². The Morgan fingerprint density at radius 2 is 2.00 bits per heavy atom. The fraction of sp³-hybridized carbons (Fsp3) is 0.222. The van der Waals surface area contributed by atoms with Crippen molar-refractivity contribution in [3.05, 3.63) is 28.8 Å². The van der Waals surface area contributed by atoms with Gasteiger partial charge < -0.3 is 5.32 Å². The Morgan fingerprint density at radius 3 is 2.56 bits per heavy atom. The first-order chi connectivity index (χ1) is 7.38. The molecule has 1 aromatic rings. The molecule has 0 fully saturated rings. The number of halogens is 1. The zero-order chi connectivity index (χ0) is 12.3. The van der Waals surface area contributed by atoms with E-state index in [9.17, 15) is 13.2 Å². The average molecular weight is 263 g/mol. The molecule has 0 saturated heterocycles. The lowest BCUT2D eigenvalue weighted by Gasteiger charge is -2.09. The van der Waals surface area contributed by atoms with E-state index in [1.54, 1.807) is 13.0 Å². The van der Waals surface area contributed by atoms with E-state index in [1.807, 2.05) is 4.72 Å². The standard InChI is InChI=1S/C9H11ClN2O3S/c1-6-7(10)4-3-5-8(6)16(14,15)12-9(13)11-2/h3-5H,1-2H3,(H2,11,12,13). The number of sulfonamides is 1. The summed E-state index contributed by atoms with van der Waals surface area (Å²) < 4.78 is 25.3. The van der Waals surface area contributed by atoms with E-state index in [2.05, 4.69) is 5.32 Å². The fourth-order valence-electron chi connectivity index (χ4n) is 1.11. The molecular formula is C9H11ClN2O3S. The Balaban J connectivity index is 3.18. The SMILES string of the molecule is CNC(=O)NS(=O)(=O)c1cccc(Cl)c1C. The third-order valence-electron chi connectivity index (χ3n) is 1.96. The van der Waals surface area contributed by atoms with Crippen molar-refractivity contribution in [3.63, 3.8) is 0 Å². The third-order valence-corrected chi connectivity index (χ3v) is 3.85. The van der Waals surface area contributed by atoms with Crippen LogP contribution in [0, 0.1) is 6.92 Å². The summed E-state index contributed by atoms with van der Waals surface area (Å²) >= 11 is 5.80. The Bertz CT molecular complexity index is 513. The molecule has 0 unspecified atom stereocenters. The first-order valence-electron chi connectivity index (χ1n) is 4.38. The number of hydrogen-bond donors (Lipinski definition) is 2. The predicted molar refractivity (Wildman–Crippen MR) is 61.0 cm³/mol. The molecule has 0 bridgehead atoms. The van der Waals surface area contributed by atoms with Crippen LogP contribution in [0.15, 0.2) is 23.1 Å². The molecule has 2 amide bonds. The molecule has 0 radical (unpaired) electrons. The molecule has 0 spiro atoms. The van der Waals surface area contributed by atoms with E-state index in [1.165, 1.54) is 19.2 Å². The lowest BCUT2D eigenvalue weighted by atomic mass is 10.2. The molecule has 0 atom stereocenters. The van der Waals surface area contributed by atoms with Crippen LogP contribution in [0.25, 0.3) is 0 Å². The summed E-state index contributed by atoms with van der Waals surface area (Å²) in [5, 5.41) is 2.50. The lowest BCUT2D eigenvalue weighted by Crippen LogP contribution is -2.37. The van der Waals surface area contributed by atoms with E-state index in [0.717, 1.165) is 0 Å². The van der Waals surface area contributed by atoms with E-state index in [4.69, 9.17) is 11.6 Å². The van der Waals surface area contributed by atoms with E-state index < -0.39 is 16.1 Å². The van der Waals surface area contributed by atoms with Gasteiger partial charge in [0.2, 0.25) is 0 Å². The van der Waals surface area contributed by atoms with Crippen LogP contribution in [0.2, 0.25) is 5.02 Å². The first kappa shape index (κ1) is 12.8. The van der Waals surface area contributed by atoms with Crippen molar-refractivity contribution in [1.29, 1.82) is 0 Å². The maximum atomic E-state index is 11.7. The van der Waals surface area contributed by atoms with E-state index in [0.29, 0.717) is 10.6 Å². The monoisotopic (exact) mass is 262 g/mol. The Hall–Kier alpha value is -1.27. The largest absolute Gasteiger partial charge is 0.340 e. The van der Waals surface area contributed by atoms with Crippen molar-refractivity contribution < 1.29 is 13.2 Å². The van der Waals surface area contributed by atoms with Crippen LogP contribution >= 0.6 is 11.6 Å². The fourth-order valence-corrected chi connectivity index (χ4v) is 2.56. The van der Waals surface area contributed by atoms with Crippen LogP contribution in [0.4, 0.5) is 4.79 Å².